The number of carbonyl (C=O) groups excluding carboxylic acids is 3. The lowest BCUT2D eigenvalue weighted by Gasteiger charge is -2.10. The van der Waals surface area contributed by atoms with E-state index in [4.69, 9.17) is 10.5 Å². The molecular formula is C14H16N2O4. The number of primary amides is 1. The molecule has 0 heterocycles. The van der Waals surface area contributed by atoms with Crippen LogP contribution in [0.4, 0.5) is 4.79 Å². The number of ether oxygens (including phenoxy) is 1. The summed E-state index contributed by atoms with van der Waals surface area (Å²) < 4.78 is 4.82. The Balaban J connectivity index is 2.55. The summed E-state index contributed by atoms with van der Waals surface area (Å²) in [7, 11) is 0. The number of nitrogens with one attached hydrogen (secondary N) is 1. The third-order valence-corrected chi connectivity index (χ3v) is 2.36. The van der Waals surface area contributed by atoms with Crippen LogP contribution in [0.1, 0.15) is 18.1 Å². The number of nitrogens with two attached hydrogens (primary N) is 1. The molecule has 6 heteroatoms. The number of imide groups is 1. The highest BCUT2D eigenvalue weighted by molar-refractivity contribution is 5.97. The lowest BCUT2D eigenvalue weighted by molar-refractivity contribution is -0.149. The highest BCUT2D eigenvalue weighted by Crippen LogP contribution is 2.06. The molecule has 0 aromatic heterocycles. The molecule has 1 rings (SSSR count). The summed E-state index contributed by atoms with van der Waals surface area (Å²) in [6.45, 7) is 3.28. The average molecular weight is 276 g/mol. The van der Waals surface area contributed by atoms with Crippen molar-refractivity contribution >= 4 is 24.0 Å². The van der Waals surface area contributed by atoms with Crippen LogP contribution in [0.2, 0.25) is 0 Å². The summed E-state index contributed by atoms with van der Waals surface area (Å²) >= 11 is 0. The SMILES string of the molecule is Cc1cccc(/C=C/C(=O)O[C@H](C)C(=O)NC(N)=O)c1. The van der Waals surface area contributed by atoms with Gasteiger partial charge in [-0.15, -0.1) is 0 Å². The smallest absolute Gasteiger partial charge is 0.331 e. The second-order valence-electron chi connectivity index (χ2n) is 4.18. The van der Waals surface area contributed by atoms with Gasteiger partial charge in [0.1, 0.15) is 0 Å². The molecule has 20 heavy (non-hydrogen) atoms. The molecule has 1 atom stereocenters. The topological polar surface area (TPSA) is 98.5 Å². The highest BCUT2D eigenvalue weighted by atomic mass is 16.5. The number of aryl methyl sites for hydroxylation is 1. The molecule has 0 aliphatic carbocycles. The van der Waals surface area contributed by atoms with E-state index in [2.05, 4.69) is 0 Å². The van der Waals surface area contributed by atoms with Gasteiger partial charge in [-0.3, -0.25) is 10.1 Å². The van der Waals surface area contributed by atoms with Gasteiger partial charge < -0.3 is 10.5 Å². The summed E-state index contributed by atoms with van der Waals surface area (Å²) in [5.41, 5.74) is 6.69. The molecule has 0 saturated carbocycles. The van der Waals surface area contributed by atoms with Crippen molar-refractivity contribution in [3.05, 3.63) is 41.5 Å². The van der Waals surface area contributed by atoms with E-state index >= 15 is 0 Å². The fraction of sp³-hybridized carbons (Fsp3) is 0.214. The van der Waals surface area contributed by atoms with Gasteiger partial charge in [0.15, 0.2) is 6.10 Å². The number of esters is 1. The van der Waals surface area contributed by atoms with E-state index in [-0.39, 0.29) is 0 Å². The third kappa shape index (κ3) is 5.34. The molecule has 6 nitrogen and oxygen atoms in total. The van der Waals surface area contributed by atoms with Gasteiger partial charge in [-0.1, -0.05) is 29.8 Å². The van der Waals surface area contributed by atoms with Crippen LogP contribution < -0.4 is 11.1 Å². The number of urea groups is 1. The first-order chi connectivity index (χ1) is 9.38. The van der Waals surface area contributed by atoms with Crippen molar-refractivity contribution in [3.8, 4) is 0 Å². The Hall–Kier alpha value is -2.63. The predicted octanol–water partition coefficient (Wildman–Crippen LogP) is 1.13. The second-order valence-corrected chi connectivity index (χ2v) is 4.18. The maximum atomic E-state index is 11.5. The van der Waals surface area contributed by atoms with Gasteiger partial charge in [0.25, 0.3) is 5.91 Å². The molecule has 3 amide bonds. The molecule has 1 aromatic rings. The van der Waals surface area contributed by atoms with Crippen molar-refractivity contribution in [2.75, 3.05) is 0 Å². The van der Waals surface area contributed by atoms with Crippen LogP contribution >= 0.6 is 0 Å². The third-order valence-electron chi connectivity index (χ3n) is 2.36. The summed E-state index contributed by atoms with van der Waals surface area (Å²) in [6.07, 6.45) is 1.69. The zero-order valence-corrected chi connectivity index (χ0v) is 11.3. The minimum Gasteiger partial charge on any atom is -0.449 e. The Labute approximate surface area is 116 Å². The van der Waals surface area contributed by atoms with Gasteiger partial charge in [0, 0.05) is 6.08 Å². The lowest BCUT2D eigenvalue weighted by atomic mass is 10.1. The Kier molecular flexibility index (Phi) is 5.46. The summed E-state index contributed by atoms with van der Waals surface area (Å²) in [6, 6.07) is 6.54. The molecule has 0 aliphatic heterocycles. The van der Waals surface area contributed by atoms with E-state index in [9.17, 15) is 14.4 Å². The number of rotatable bonds is 4. The van der Waals surface area contributed by atoms with E-state index in [0.717, 1.165) is 11.1 Å². The van der Waals surface area contributed by atoms with Crippen molar-refractivity contribution in [3.63, 3.8) is 0 Å². The first kappa shape index (κ1) is 15.4. The van der Waals surface area contributed by atoms with Gasteiger partial charge in [0.2, 0.25) is 0 Å². The molecule has 3 N–H and O–H groups in total. The number of hydrogen-bond acceptors (Lipinski definition) is 4. The minimum absolute atomic E-state index is 0.682. The van der Waals surface area contributed by atoms with E-state index in [1.165, 1.54) is 13.0 Å². The molecular weight excluding hydrogens is 260 g/mol. The number of benzene rings is 1. The van der Waals surface area contributed by atoms with Crippen LogP contribution in [0.15, 0.2) is 30.3 Å². The summed E-state index contributed by atoms with van der Waals surface area (Å²) in [4.78, 5) is 33.3. The summed E-state index contributed by atoms with van der Waals surface area (Å²) in [5, 5.41) is 1.83. The maximum absolute atomic E-state index is 11.5. The molecule has 0 bridgehead atoms. The van der Waals surface area contributed by atoms with Crippen LogP contribution in [0.3, 0.4) is 0 Å². The fourth-order valence-corrected chi connectivity index (χ4v) is 1.43. The van der Waals surface area contributed by atoms with E-state index in [1.807, 2.05) is 36.5 Å². The second kappa shape index (κ2) is 7.08. The molecule has 0 aliphatic rings. The standard InChI is InChI=1S/C14H16N2O4/c1-9-4-3-5-11(8-9)6-7-12(17)20-10(2)13(18)16-14(15)19/h3-8,10H,1-2H3,(H3,15,16,18,19)/b7-6+/t10-/m1/s1. The molecule has 0 unspecified atom stereocenters. The molecule has 0 spiro atoms. The molecule has 0 radical (unpaired) electrons. The summed E-state index contributed by atoms with van der Waals surface area (Å²) in [5.74, 6) is -1.45. The van der Waals surface area contributed by atoms with Gasteiger partial charge in [-0.2, -0.15) is 0 Å². The Morgan fingerprint density at radius 2 is 2.05 bits per heavy atom. The largest absolute Gasteiger partial charge is 0.449 e. The fourth-order valence-electron chi connectivity index (χ4n) is 1.43. The number of hydrogen-bond donors (Lipinski definition) is 2. The van der Waals surface area contributed by atoms with Crippen molar-refractivity contribution in [1.82, 2.24) is 5.32 Å². The quantitative estimate of drug-likeness (QED) is 0.636. The predicted molar refractivity (Wildman–Crippen MR) is 73.5 cm³/mol. The van der Waals surface area contributed by atoms with Crippen molar-refractivity contribution in [1.29, 1.82) is 0 Å². The van der Waals surface area contributed by atoms with Crippen LogP contribution in [-0.4, -0.2) is 24.0 Å². The van der Waals surface area contributed by atoms with Crippen LogP contribution in [0, 0.1) is 6.92 Å². The highest BCUT2D eigenvalue weighted by Gasteiger charge is 2.17. The normalized spacial score (nSPS) is 11.9. The van der Waals surface area contributed by atoms with Gasteiger partial charge in [-0.25, -0.2) is 9.59 Å². The van der Waals surface area contributed by atoms with E-state index in [1.54, 1.807) is 6.08 Å². The van der Waals surface area contributed by atoms with Crippen LogP contribution in [0.5, 0.6) is 0 Å². The lowest BCUT2D eigenvalue weighted by Crippen LogP contribution is -2.42. The first-order valence-electron chi connectivity index (χ1n) is 5.94. The zero-order chi connectivity index (χ0) is 15.1. The van der Waals surface area contributed by atoms with Crippen molar-refractivity contribution < 1.29 is 19.1 Å². The zero-order valence-electron chi connectivity index (χ0n) is 11.3. The molecule has 1 aromatic carbocycles. The molecule has 106 valence electrons. The number of amides is 3. The first-order valence-corrected chi connectivity index (χ1v) is 5.94. The Morgan fingerprint density at radius 1 is 1.35 bits per heavy atom. The molecule has 0 saturated heterocycles. The Morgan fingerprint density at radius 3 is 2.65 bits per heavy atom. The number of carbonyl (C=O) groups is 3. The van der Waals surface area contributed by atoms with E-state index in [0.29, 0.717) is 0 Å². The Bertz CT molecular complexity index is 552. The van der Waals surface area contributed by atoms with Crippen molar-refractivity contribution in [2.24, 2.45) is 5.73 Å². The van der Waals surface area contributed by atoms with Gasteiger partial charge in [0.05, 0.1) is 0 Å². The monoisotopic (exact) mass is 276 g/mol. The average Bonchev–Trinajstić information content (AvgIpc) is 2.35. The molecule has 0 fully saturated rings. The maximum Gasteiger partial charge on any atom is 0.331 e. The van der Waals surface area contributed by atoms with Crippen LogP contribution in [0.25, 0.3) is 6.08 Å². The van der Waals surface area contributed by atoms with Crippen LogP contribution in [-0.2, 0) is 14.3 Å². The van der Waals surface area contributed by atoms with Gasteiger partial charge in [-0.05, 0) is 25.5 Å². The van der Waals surface area contributed by atoms with Crippen molar-refractivity contribution in [2.45, 2.75) is 20.0 Å². The van der Waals surface area contributed by atoms with E-state index < -0.39 is 24.0 Å². The minimum atomic E-state index is -1.10. The van der Waals surface area contributed by atoms with Gasteiger partial charge >= 0.3 is 12.0 Å².